The fraction of sp³-hybridized carbons (Fsp3) is 0.667. The van der Waals surface area contributed by atoms with Crippen molar-refractivity contribution in [3.8, 4) is 0 Å². The van der Waals surface area contributed by atoms with Gasteiger partial charge in [-0.1, -0.05) is 6.92 Å². The van der Waals surface area contributed by atoms with Crippen molar-refractivity contribution in [2.45, 2.75) is 32.4 Å². The zero-order valence-electron chi connectivity index (χ0n) is 12.4. The van der Waals surface area contributed by atoms with E-state index in [-0.39, 0.29) is 0 Å². The van der Waals surface area contributed by atoms with E-state index in [1.165, 1.54) is 31.5 Å². The number of anilines is 1. The Labute approximate surface area is 116 Å². The lowest BCUT2D eigenvalue weighted by molar-refractivity contribution is 0.252. The summed E-state index contributed by atoms with van der Waals surface area (Å²) in [7, 11) is 4.38. The predicted molar refractivity (Wildman–Crippen MR) is 80.5 cm³/mol. The van der Waals surface area contributed by atoms with Crippen molar-refractivity contribution in [1.82, 2.24) is 15.2 Å². The average Bonchev–Trinajstić information content (AvgIpc) is 2.45. The van der Waals surface area contributed by atoms with Crippen molar-refractivity contribution in [2.24, 2.45) is 0 Å². The van der Waals surface area contributed by atoms with E-state index < -0.39 is 0 Å². The second kappa shape index (κ2) is 6.87. The first-order valence-electron chi connectivity index (χ1n) is 7.27. The molecule has 1 fully saturated rings. The number of aromatic nitrogens is 1. The van der Waals surface area contributed by atoms with Gasteiger partial charge in [0.25, 0.3) is 0 Å². The molecular weight excluding hydrogens is 236 g/mol. The molecule has 106 valence electrons. The number of rotatable bonds is 5. The fourth-order valence-electron chi connectivity index (χ4n) is 2.60. The summed E-state index contributed by atoms with van der Waals surface area (Å²) < 4.78 is 0. The molecule has 1 aliphatic heterocycles. The van der Waals surface area contributed by atoms with Crippen LogP contribution in [0.15, 0.2) is 18.3 Å². The third-order valence-electron chi connectivity index (χ3n) is 3.99. The maximum absolute atomic E-state index is 4.53. The Hall–Kier alpha value is -1.13. The zero-order chi connectivity index (χ0) is 13.7. The summed E-state index contributed by atoms with van der Waals surface area (Å²) in [6.45, 7) is 6.43. The van der Waals surface area contributed by atoms with Gasteiger partial charge in [0, 0.05) is 25.8 Å². The Morgan fingerprint density at radius 3 is 2.84 bits per heavy atom. The lowest BCUT2D eigenvalue weighted by Crippen LogP contribution is -2.42. The van der Waals surface area contributed by atoms with Crippen molar-refractivity contribution < 1.29 is 0 Å². The number of hydrogen-bond acceptors (Lipinski definition) is 4. The molecule has 19 heavy (non-hydrogen) atoms. The molecule has 1 aromatic rings. The van der Waals surface area contributed by atoms with Crippen molar-refractivity contribution in [2.75, 3.05) is 38.6 Å². The van der Waals surface area contributed by atoms with E-state index in [1.807, 2.05) is 6.20 Å². The van der Waals surface area contributed by atoms with Gasteiger partial charge in [0.1, 0.15) is 5.82 Å². The van der Waals surface area contributed by atoms with Gasteiger partial charge in [-0.2, -0.15) is 0 Å². The second-order valence-corrected chi connectivity index (χ2v) is 5.45. The highest BCUT2D eigenvalue weighted by Crippen LogP contribution is 2.20. The van der Waals surface area contributed by atoms with Gasteiger partial charge in [0.2, 0.25) is 0 Å². The van der Waals surface area contributed by atoms with Crippen LogP contribution in [0.4, 0.5) is 5.82 Å². The Morgan fingerprint density at radius 1 is 1.42 bits per heavy atom. The van der Waals surface area contributed by atoms with E-state index in [4.69, 9.17) is 0 Å². The van der Waals surface area contributed by atoms with E-state index in [2.05, 4.69) is 53.3 Å². The molecule has 1 aromatic heterocycles. The molecule has 0 saturated carbocycles. The van der Waals surface area contributed by atoms with E-state index in [0.29, 0.717) is 6.04 Å². The molecule has 0 aliphatic carbocycles. The van der Waals surface area contributed by atoms with Crippen LogP contribution in [0.3, 0.4) is 0 Å². The van der Waals surface area contributed by atoms with Crippen LogP contribution in [0.2, 0.25) is 0 Å². The SMILES string of the molecule is CCNCc1ccnc(N(C)C2CCN(C)CC2)c1. The molecule has 1 saturated heterocycles. The maximum atomic E-state index is 4.53. The smallest absolute Gasteiger partial charge is 0.128 e. The number of hydrogen-bond donors (Lipinski definition) is 1. The molecule has 2 heterocycles. The van der Waals surface area contributed by atoms with E-state index in [1.54, 1.807) is 0 Å². The fourth-order valence-corrected chi connectivity index (χ4v) is 2.60. The maximum Gasteiger partial charge on any atom is 0.128 e. The quantitative estimate of drug-likeness (QED) is 0.875. The minimum atomic E-state index is 0.623. The van der Waals surface area contributed by atoms with Gasteiger partial charge in [-0.25, -0.2) is 4.98 Å². The van der Waals surface area contributed by atoms with Gasteiger partial charge in [-0.15, -0.1) is 0 Å². The summed E-state index contributed by atoms with van der Waals surface area (Å²) in [5.41, 5.74) is 1.31. The first-order valence-corrected chi connectivity index (χ1v) is 7.27. The monoisotopic (exact) mass is 262 g/mol. The van der Waals surface area contributed by atoms with Gasteiger partial charge >= 0.3 is 0 Å². The second-order valence-electron chi connectivity index (χ2n) is 5.45. The lowest BCUT2D eigenvalue weighted by atomic mass is 10.0. The molecule has 0 radical (unpaired) electrons. The highest BCUT2D eigenvalue weighted by Gasteiger charge is 2.21. The molecule has 0 amide bonds. The molecule has 4 nitrogen and oxygen atoms in total. The summed E-state index contributed by atoms with van der Waals surface area (Å²) in [5, 5.41) is 3.36. The summed E-state index contributed by atoms with van der Waals surface area (Å²) >= 11 is 0. The molecule has 0 unspecified atom stereocenters. The van der Waals surface area contributed by atoms with Gasteiger partial charge in [-0.3, -0.25) is 0 Å². The molecule has 1 aliphatic rings. The molecule has 0 aromatic carbocycles. The summed E-state index contributed by atoms with van der Waals surface area (Å²) in [6.07, 6.45) is 4.38. The lowest BCUT2D eigenvalue weighted by Gasteiger charge is -2.35. The van der Waals surface area contributed by atoms with Crippen LogP contribution in [-0.2, 0) is 6.54 Å². The predicted octanol–water partition coefficient (Wildman–Crippen LogP) is 1.72. The van der Waals surface area contributed by atoms with E-state index in [0.717, 1.165) is 18.9 Å². The number of likely N-dealkylation sites (tertiary alicyclic amines) is 1. The van der Waals surface area contributed by atoms with Gasteiger partial charge in [0.05, 0.1) is 0 Å². The minimum absolute atomic E-state index is 0.623. The van der Waals surface area contributed by atoms with Crippen LogP contribution < -0.4 is 10.2 Å². The highest BCUT2D eigenvalue weighted by atomic mass is 15.2. The molecule has 0 atom stereocenters. The van der Waals surface area contributed by atoms with Gasteiger partial charge < -0.3 is 15.1 Å². The molecule has 2 rings (SSSR count). The third kappa shape index (κ3) is 3.91. The minimum Gasteiger partial charge on any atom is -0.357 e. The van der Waals surface area contributed by atoms with E-state index >= 15 is 0 Å². The zero-order valence-corrected chi connectivity index (χ0v) is 12.4. The topological polar surface area (TPSA) is 31.4 Å². The third-order valence-corrected chi connectivity index (χ3v) is 3.99. The number of piperidine rings is 1. The summed E-state index contributed by atoms with van der Waals surface area (Å²) in [5.74, 6) is 1.10. The molecule has 4 heteroatoms. The largest absolute Gasteiger partial charge is 0.357 e. The Balaban J connectivity index is 1.99. The van der Waals surface area contributed by atoms with E-state index in [9.17, 15) is 0 Å². The number of pyridine rings is 1. The van der Waals surface area contributed by atoms with Crippen LogP contribution in [0.5, 0.6) is 0 Å². The van der Waals surface area contributed by atoms with Crippen LogP contribution in [0, 0.1) is 0 Å². The van der Waals surface area contributed by atoms with Crippen molar-refractivity contribution in [1.29, 1.82) is 0 Å². The van der Waals surface area contributed by atoms with Crippen LogP contribution in [-0.4, -0.2) is 49.7 Å². The van der Waals surface area contributed by atoms with Crippen molar-refractivity contribution in [3.05, 3.63) is 23.9 Å². The Morgan fingerprint density at radius 2 is 2.16 bits per heavy atom. The Kier molecular flexibility index (Phi) is 5.16. The normalized spacial score (nSPS) is 17.6. The van der Waals surface area contributed by atoms with Gasteiger partial charge in [-0.05, 0) is 57.2 Å². The van der Waals surface area contributed by atoms with Gasteiger partial charge in [0.15, 0.2) is 0 Å². The Bertz CT molecular complexity index is 385. The van der Waals surface area contributed by atoms with Crippen LogP contribution in [0.25, 0.3) is 0 Å². The molecule has 1 N–H and O–H groups in total. The first-order chi connectivity index (χ1) is 9.20. The average molecular weight is 262 g/mol. The summed E-state index contributed by atoms with van der Waals surface area (Å²) in [6, 6.07) is 4.92. The van der Waals surface area contributed by atoms with Crippen LogP contribution in [0.1, 0.15) is 25.3 Å². The summed E-state index contributed by atoms with van der Waals surface area (Å²) in [4.78, 5) is 9.28. The molecule has 0 bridgehead atoms. The molecular formula is C15H26N4. The standard InChI is InChI=1S/C15H26N4/c1-4-16-12-13-5-8-17-15(11-13)19(3)14-6-9-18(2)10-7-14/h5,8,11,14,16H,4,6-7,9-10,12H2,1-3H3. The first kappa shape index (κ1) is 14.3. The van der Waals surface area contributed by atoms with Crippen LogP contribution >= 0.6 is 0 Å². The van der Waals surface area contributed by atoms with Crippen molar-refractivity contribution in [3.63, 3.8) is 0 Å². The number of nitrogens with zero attached hydrogens (tertiary/aromatic N) is 3. The highest BCUT2D eigenvalue weighted by molar-refractivity contribution is 5.41. The molecule has 0 spiro atoms. The van der Waals surface area contributed by atoms with Crippen molar-refractivity contribution >= 4 is 5.82 Å². The number of nitrogens with one attached hydrogen (secondary N) is 1.